The van der Waals surface area contributed by atoms with Crippen LogP contribution in [0.3, 0.4) is 0 Å². The van der Waals surface area contributed by atoms with Gasteiger partial charge in [-0.15, -0.1) is 0 Å². The largest absolute Gasteiger partial charge is 0.508 e. The summed E-state index contributed by atoms with van der Waals surface area (Å²) < 4.78 is 25.3. The lowest BCUT2D eigenvalue weighted by Gasteiger charge is -2.28. The second-order valence-corrected chi connectivity index (χ2v) is 7.88. The fourth-order valence-corrected chi connectivity index (χ4v) is 2.92. The van der Waals surface area contributed by atoms with E-state index in [2.05, 4.69) is 5.32 Å². The van der Waals surface area contributed by atoms with Crippen LogP contribution in [0, 0.1) is 12.7 Å². The summed E-state index contributed by atoms with van der Waals surface area (Å²) >= 11 is 0. The number of carbonyl (C=O) groups is 2. The van der Waals surface area contributed by atoms with Gasteiger partial charge < -0.3 is 14.6 Å². The molecule has 154 valence electrons. The molecular weight excluding hydrogens is 379 g/mol. The second kappa shape index (κ2) is 7.62. The Morgan fingerprint density at radius 2 is 2.07 bits per heavy atom. The Morgan fingerprint density at radius 1 is 1.34 bits per heavy atom. The van der Waals surface area contributed by atoms with Gasteiger partial charge in [0.1, 0.15) is 17.1 Å². The van der Waals surface area contributed by atoms with Gasteiger partial charge in [-0.2, -0.15) is 0 Å². The summed E-state index contributed by atoms with van der Waals surface area (Å²) in [6.07, 6.45) is -1.42. The maximum absolute atomic E-state index is 14.9. The van der Waals surface area contributed by atoms with Gasteiger partial charge in [-0.1, -0.05) is 12.1 Å². The molecule has 0 fully saturated rings. The van der Waals surface area contributed by atoms with Crippen molar-refractivity contribution in [3.8, 4) is 11.5 Å². The van der Waals surface area contributed by atoms with Gasteiger partial charge in [-0.25, -0.2) is 14.0 Å². The summed E-state index contributed by atoms with van der Waals surface area (Å²) in [6.45, 7) is 7.02. The fourth-order valence-electron chi connectivity index (χ4n) is 2.92. The van der Waals surface area contributed by atoms with Gasteiger partial charge in [-0.3, -0.25) is 10.2 Å². The van der Waals surface area contributed by atoms with Gasteiger partial charge in [0.25, 0.3) is 0 Å². The van der Waals surface area contributed by atoms with E-state index < -0.39 is 23.6 Å². The number of anilines is 1. The zero-order chi connectivity index (χ0) is 21.3. The third kappa shape index (κ3) is 4.77. The number of aryl methyl sites for hydroxylation is 1. The highest BCUT2D eigenvalue weighted by Crippen LogP contribution is 2.33. The van der Waals surface area contributed by atoms with Crippen LogP contribution in [0.15, 0.2) is 30.3 Å². The quantitative estimate of drug-likeness (QED) is 0.777. The van der Waals surface area contributed by atoms with Gasteiger partial charge in [0.2, 0.25) is 0 Å². The van der Waals surface area contributed by atoms with E-state index in [0.717, 1.165) is 0 Å². The molecule has 7 nitrogen and oxygen atoms in total. The van der Waals surface area contributed by atoms with Crippen molar-refractivity contribution in [2.45, 2.75) is 46.4 Å². The number of rotatable bonds is 3. The van der Waals surface area contributed by atoms with E-state index in [4.69, 9.17) is 9.47 Å². The number of benzene rings is 2. The molecule has 1 aliphatic rings. The first-order chi connectivity index (χ1) is 13.5. The van der Waals surface area contributed by atoms with Crippen LogP contribution in [0.4, 0.5) is 19.7 Å². The van der Waals surface area contributed by atoms with E-state index in [1.165, 1.54) is 23.1 Å². The number of nitrogens with zero attached hydrogens (tertiary/aromatic N) is 1. The Kier molecular flexibility index (Phi) is 5.37. The monoisotopic (exact) mass is 402 g/mol. The molecule has 0 aromatic heterocycles. The predicted molar refractivity (Wildman–Crippen MR) is 104 cm³/mol. The molecule has 0 saturated heterocycles. The lowest BCUT2D eigenvalue weighted by Crippen LogP contribution is -2.36. The molecule has 2 N–H and O–H groups in total. The number of phenols is 1. The number of ether oxygens (including phenoxy) is 2. The highest BCUT2D eigenvalue weighted by molar-refractivity contribution is 5.85. The summed E-state index contributed by atoms with van der Waals surface area (Å²) in [5.41, 5.74) is 0.827. The van der Waals surface area contributed by atoms with Gasteiger partial charge >= 0.3 is 12.2 Å². The van der Waals surface area contributed by atoms with Crippen molar-refractivity contribution < 1.29 is 28.6 Å². The second-order valence-electron chi connectivity index (χ2n) is 7.88. The lowest BCUT2D eigenvalue weighted by atomic mass is 10.1. The van der Waals surface area contributed by atoms with Crippen LogP contribution >= 0.6 is 0 Å². The lowest BCUT2D eigenvalue weighted by molar-refractivity contribution is 0.0635. The molecule has 0 radical (unpaired) electrons. The molecule has 0 aliphatic carbocycles. The van der Waals surface area contributed by atoms with E-state index in [-0.39, 0.29) is 35.8 Å². The van der Waals surface area contributed by atoms with Crippen molar-refractivity contribution >= 4 is 17.9 Å². The number of hydrogen-bond donors (Lipinski definition) is 2. The molecule has 2 aromatic rings. The number of amides is 2. The minimum Gasteiger partial charge on any atom is -0.508 e. The molecule has 2 aromatic carbocycles. The molecule has 2 amide bonds. The van der Waals surface area contributed by atoms with Gasteiger partial charge in [0, 0.05) is 17.2 Å². The van der Waals surface area contributed by atoms with Crippen molar-refractivity contribution in [1.29, 1.82) is 0 Å². The number of hydrogen-bond acceptors (Lipinski definition) is 5. The van der Waals surface area contributed by atoms with E-state index >= 15 is 0 Å². The highest BCUT2D eigenvalue weighted by atomic mass is 19.1. The van der Waals surface area contributed by atoms with Crippen LogP contribution in [0.5, 0.6) is 11.5 Å². The summed E-state index contributed by atoms with van der Waals surface area (Å²) in [4.78, 5) is 25.6. The SMILES string of the molecule is Cc1cc2c(cc1O)OC(=O)N(Cc1cccc(NC(=O)OC(C)(C)C)c1F)C2. The first kappa shape index (κ1) is 20.4. The molecule has 8 heteroatoms. The third-order valence-electron chi connectivity index (χ3n) is 4.27. The standard InChI is InChI=1S/C21H23FN2O5/c1-12-8-14-11-24(20(27)28-17(14)9-16(12)25)10-13-6-5-7-15(18(13)22)23-19(26)29-21(2,3)4/h5-9,25H,10-11H2,1-4H3,(H,23,26). The molecule has 0 atom stereocenters. The predicted octanol–water partition coefficient (Wildman–Crippen LogP) is 4.70. The number of aromatic hydroxyl groups is 1. The van der Waals surface area contributed by atoms with Crippen molar-refractivity contribution in [2.75, 3.05) is 5.32 Å². The summed E-state index contributed by atoms with van der Waals surface area (Å²) in [7, 11) is 0. The number of nitrogens with one attached hydrogen (secondary N) is 1. The average molecular weight is 402 g/mol. The van der Waals surface area contributed by atoms with Crippen molar-refractivity contribution in [3.63, 3.8) is 0 Å². The van der Waals surface area contributed by atoms with E-state index in [1.54, 1.807) is 39.8 Å². The van der Waals surface area contributed by atoms with Gasteiger partial charge in [0.15, 0.2) is 5.82 Å². The molecule has 3 rings (SSSR count). The van der Waals surface area contributed by atoms with Crippen LogP contribution in [-0.2, 0) is 17.8 Å². The zero-order valence-corrected chi connectivity index (χ0v) is 16.7. The van der Waals surface area contributed by atoms with Gasteiger partial charge in [-0.05, 0) is 45.4 Å². The van der Waals surface area contributed by atoms with Crippen molar-refractivity contribution in [1.82, 2.24) is 4.90 Å². The minimum absolute atomic E-state index is 0.0386. The number of carbonyl (C=O) groups excluding carboxylic acids is 2. The maximum atomic E-state index is 14.9. The number of fused-ring (bicyclic) bond motifs is 1. The smallest absolute Gasteiger partial charge is 0.415 e. The van der Waals surface area contributed by atoms with E-state index in [0.29, 0.717) is 11.1 Å². The zero-order valence-electron chi connectivity index (χ0n) is 16.7. The molecule has 0 spiro atoms. The average Bonchev–Trinajstić information content (AvgIpc) is 2.59. The molecule has 1 heterocycles. The van der Waals surface area contributed by atoms with Crippen LogP contribution in [0.1, 0.15) is 37.5 Å². The van der Waals surface area contributed by atoms with E-state index in [9.17, 15) is 19.1 Å². The fraction of sp³-hybridized carbons (Fsp3) is 0.333. The third-order valence-corrected chi connectivity index (χ3v) is 4.27. The first-order valence-corrected chi connectivity index (χ1v) is 9.10. The van der Waals surface area contributed by atoms with Gasteiger partial charge in [0.05, 0.1) is 18.8 Å². The maximum Gasteiger partial charge on any atom is 0.415 e. The van der Waals surface area contributed by atoms with Crippen LogP contribution in [0.25, 0.3) is 0 Å². The molecular formula is C21H23FN2O5. The Balaban J connectivity index is 1.77. The Labute approximate surface area is 168 Å². The first-order valence-electron chi connectivity index (χ1n) is 9.10. The van der Waals surface area contributed by atoms with Crippen LogP contribution in [0.2, 0.25) is 0 Å². The van der Waals surface area contributed by atoms with Crippen molar-refractivity contribution in [2.24, 2.45) is 0 Å². The Hall–Kier alpha value is -3.29. The molecule has 0 unspecified atom stereocenters. The Morgan fingerprint density at radius 3 is 2.76 bits per heavy atom. The highest BCUT2D eigenvalue weighted by Gasteiger charge is 2.27. The molecule has 29 heavy (non-hydrogen) atoms. The summed E-state index contributed by atoms with van der Waals surface area (Å²) in [5, 5.41) is 12.2. The molecule has 0 bridgehead atoms. The summed E-state index contributed by atoms with van der Waals surface area (Å²) in [6, 6.07) is 7.64. The molecule has 0 saturated carbocycles. The van der Waals surface area contributed by atoms with E-state index in [1.807, 2.05) is 0 Å². The normalized spacial score (nSPS) is 13.6. The van der Waals surface area contributed by atoms with Crippen molar-refractivity contribution in [3.05, 3.63) is 52.8 Å². The number of halogens is 1. The minimum atomic E-state index is -0.768. The topological polar surface area (TPSA) is 88.1 Å². The summed E-state index contributed by atoms with van der Waals surface area (Å²) in [5.74, 6) is -0.328. The van der Waals surface area contributed by atoms with Crippen LogP contribution in [-0.4, -0.2) is 27.8 Å². The van der Waals surface area contributed by atoms with Crippen LogP contribution < -0.4 is 10.1 Å². The number of phenolic OH excluding ortho intramolecular Hbond substituents is 1. The Bertz CT molecular complexity index is 968. The molecule has 1 aliphatic heterocycles.